The molecule has 0 saturated carbocycles. The van der Waals surface area contributed by atoms with Crippen LogP contribution >= 0.6 is 0 Å². The SMILES string of the molecule is C=C(C)C(=O)O.CC(C)(C)[Si](C)(C)OC(=O)c1ccc(O)cc1.O=C(O)C1CC/C=C\CCC1.[N-]=[N+]=NCc1ccc(O)cc1.[N-]=[N+]=Nc1ccc(O)cc1. The topological polar surface area (TPSA) is 259 Å². The maximum Gasteiger partial charge on any atom is 0.330 e. The Hall–Kier alpha value is -6.21. The molecule has 16 heteroatoms. The van der Waals surface area contributed by atoms with Gasteiger partial charge in [0, 0.05) is 21.1 Å². The molecule has 1 unspecified atom stereocenters. The summed E-state index contributed by atoms with van der Waals surface area (Å²) in [4.78, 5) is 37.3. The number of phenolic OH excluding ortho intramolecular Hbond substituents is 3. The van der Waals surface area contributed by atoms with Crippen LogP contribution in [0, 0.1) is 5.92 Å². The monoisotopic (exact) mass is 776 g/mol. The number of aromatic hydroxyl groups is 3. The number of carbonyl (C=O) groups excluding carboxylic acids is 1. The molecule has 1 aliphatic rings. The van der Waals surface area contributed by atoms with Gasteiger partial charge in [-0.05, 0) is 134 Å². The zero-order chi connectivity index (χ0) is 42.0. The summed E-state index contributed by atoms with van der Waals surface area (Å²) >= 11 is 0. The Labute approximate surface area is 322 Å². The van der Waals surface area contributed by atoms with Crippen LogP contribution in [0.2, 0.25) is 18.1 Å². The van der Waals surface area contributed by atoms with Crippen LogP contribution in [0.5, 0.6) is 17.2 Å². The zero-order valence-electron chi connectivity index (χ0n) is 32.2. The summed E-state index contributed by atoms with van der Waals surface area (Å²) < 4.78 is 5.65. The van der Waals surface area contributed by atoms with E-state index >= 15 is 0 Å². The number of hydrogen-bond donors (Lipinski definition) is 5. The highest BCUT2D eigenvalue weighted by Crippen LogP contribution is 2.37. The molecule has 0 saturated heterocycles. The van der Waals surface area contributed by atoms with Gasteiger partial charge < -0.3 is 30.0 Å². The van der Waals surface area contributed by atoms with Crippen molar-refractivity contribution in [3.63, 3.8) is 0 Å². The molecule has 4 rings (SSSR count). The van der Waals surface area contributed by atoms with E-state index in [2.05, 4.69) is 59.6 Å². The first kappa shape index (κ1) is 48.8. The van der Waals surface area contributed by atoms with E-state index in [4.69, 9.17) is 41.0 Å². The van der Waals surface area contributed by atoms with Crippen LogP contribution in [-0.2, 0) is 20.6 Å². The second-order valence-electron chi connectivity index (χ2n) is 13.6. The summed E-state index contributed by atoms with van der Waals surface area (Å²) in [5, 5.41) is 50.1. The van der Waals surface area contributed by atoms with Gasteiger partial charge in [0.15, 0.2) is 0 Å². The van der Waals surface area contributed by atoms with Gasteiger partial charge in [-0.15, -0.1) is 0 Å². The molecule has 0 bridgehead atoms. The summed E-state index contributed by atoms with van der Waals surface area (Å²) in [6.45, 7) is 15.3. The van der Waals surface area contributed by atoms with E-state index < -0.39 is 20.3 Å². The van der Waals surface area contributed by atoms with Crippen LogP contribution in [0.4, 0.5) is 5.69 Å². The van der Waals surface area contributed by atoms with E-state index in [0.29, 0.717) is 17.8 Å². The first-order valence-corrected chi connectivity index (χ1v) is 20.1. The average molecular weight is 777 g/mol. The molecule has 55 heavy (non-hydrogen) atoms. The van der Waals surface area contributed by atoms with Crippen molar-refractivity contribution in [3.05, 3.63) is 129 Å². The Morgan fingerprint density at radius 2 is 1.29 bits per heavy atom. The van der Waals surface area contributed by atoms with Crippen molar-refractivity contribution >= 4 is 31.9 Å². The van der Waals surface area contributed by atoms with Gasteiger partial charge in [-0.25, -0.2) is 9.59 Å². The van der Waals surface area contributed by atoms with E-state index in [1.54, 1.807) is 36.4 Å². The summed E-state index contributed by atoms with van der Waals surface area (Å²) in [5.74, 6) is -1.44. The molecule has 0 aromatic heterocycles. The van der Waals surface area contributed by atoms with E-state index in [0.717, 1.165) is 37.7 Å². The third kappa shape index (κ3) is 22.5. The molecule has 1 aliphatic carbocycles. The normalized spacial score (nSPS) is 13.6. The van der Waals surface area contributed by atoms with E-state index in [-0.39, 0.29) is 39.7 Å². The van der Waals surface area contributed by atoms with E-state index in [1.165, 1.54) is 43.3 Å². The highest BCUT2D eigenvalue weighted by atomic mass is 28.4. The largest absolute Gasteiger partial charge is 0.516 e. The number of hydrogen-bond acceptors (Lipinski definition) is 9. The number of benzene rings is 3. The van der Waals surface area contributed by atoms with Crippen LogP contribution in [0.15, 0.2) is 107 Å². The molecule has 0 aliphatic heterocycles. The molecular weight excluding hydrogens is 725 g/mol. The number of azide groups is 2. The lowest BCUT2D eigenvalue weighted by atomic mass is 9.94. The van der Waals surface area contributed by atoms with Gasteiger partial charge in [0.2, 0.25) is 0 Å². The highest BCUT2D eigenvalue weighted by molar-refractivity contribution is 6.75. The van der Waals surface area contributed by atoms with Gasteiger partial charge in [0.05, 0.1) is 18.0 Å². The summed E-state index contributed by atoms with van der Waals surface area (Å²) in [5.41, 5.74) is 18.0. The van der Waals surface area contributed by atoms with Gasteiger partial charge in [-0.2, -0.15) is 0 Å². The minimum Gasteiger partial charge on any atom is -0.516 e. The lowest BCUT2D eigenvalue weighted by Crippen LogP contribution is -2.42. The van der Waals surface area contributed by atoms with E-state index in [1.807, 2.05) is 13.1 Å². The van der Waals surface area contributed by atoms with Gasteiger partial charge in [0.1, 0.15) is 17.2 Å². The Bertz CT molecular complexity index is 1770. The Morgan fingerprint density at radius 1 is 0.818 bits per heavy atom. The summed E-state index contributed by atoms with van der Waals surface area (Å²) in [6.07, 6.45) is 8.90. The first-order valence-electron chi connectivity index (χ1n) is 17.2. The molecule has 15 nitrogen and oxygen atoms in total. The number of carboxylic acids is 2. The second-order valence-corrected chi connectivity index (χ2v) is 18.3. The lowest BCUT2D eigenvalue weighted by molar-refractivity contribution is -0.142. The van der Waals surface area contributed by atoms with Crippen LogP contribution in [0.1, 0.15) is 75.7 Å². The Balaban J connectivity index is 0.000000687. The van der Waals surface area contributed by atoms with Crippen molar-refractivity contribution in [2.45, 2.75) is 84.5 Å². The number of phenols is 3. The minimum absolute atomic E-state index is 0.000417. The predicted molar refractivity (Wildman–Crippen MR) is 214 cm³/mol. The maximum absolute atomic E-state index is 11.9. The number of carboxylic acid groups (broad SMARTS) is 2. The van der Waals surface area contributed by atoms with Crippen molar-refractivity contribution in [1.82, 2.24) is 0 Å². The molecule has 296 valence electrons. The molecular formula is C39H52N6O9Si. The van der Waals surface area contributed by atoms with Crippen molar-refractivity contribution in [1.29, 1.82) is 0 Å². The van der Waals surface area contributed by atoms with Crippen molar-refractivity contribution < 1.29 is 44.3 Å². The third-order valence-corrected chi connectivity index (χ3v) is 12.3. The van der Waals surface area contributed by atoms with Crippen LogP contribution in [-0.4, -0.2) is 51.8 Å². The number of rotatable bonds is 7. The molecule has 3 aromatic carbocycles. The number of nitrogens with zero attached hydrogens (tertiary/aromatic N) is 6. The quantitative estimate of drug-likeness (QED) is 0.0381. The van der Waals surface area contributed by atoms with Crippen LogP contribution in [0.25, 0.3) is 20.9 Å². The van der Waals surface area contributed by atoms with Gasteiger partial charge in [-0.1, -0.05) is 61.9 Å². The van der Waals surface area contributed by atoms with Gasteiger partial charge in [-0.3, -0.25) is 4.79 Å². The fraction of sp³-hybridized carbons (Fsp3) is 0.359. The van der Waals surface area contributed by atoms with E-state index in [9.17, 15) is 14.4 Å². The van der Waals surface area contributed by atoms with Gasteiger partial charge in [0.25, 0.3) is 8.32 Å². The van der Waals surface area contributed by atoms with Crippen LogP contribution in [0.3, 0.4) is 0 Å². The Morgan fingerprint density at radius 3 is 1.73 bits per heavy atom. The maximum atomic E-state index is 11.9. The van der Waals surface area contributed by atoms with Crippen LogP contribution < -0.4 is 0 Å². The summed E-state index contributed by atoms with van der Waals surface area (Å²) in [6, 6.07) is 18.7. The average Bonchev–Trinajstić information content (AvgIpc) is 3.09. The van der Waals surface area contributed by atoms with Crippen molar-refractivity contribution in [3.8, 4) is 17.2 Å². The second kappa shape index (κ2) is 25.7. The zero-order valence-corrected chi connectivity index (χ0v) is 33.2. The van der Waals surface area contributed by atoms with Crippen molar-refractivity contribution in [2.75, 3.05) is 0 Å². The lowest BCUT2D eigenvalue weighted by Gasteiger charge is -2.35. The number of allylic oxidation sites excluding steroid dienone is 2. The predicted octanol–water partition coefficient (Wildman–Crippen LogP) is 10.9. The molecule has 0 heterocycles. The smallest absolute Gasteiger partial charge is 0.330 e. The fourth-order valence-corrected chi connectivity index (χ4v) is 4.62. The highest BCUT2D eigenvalue weighted by Gasteiger charge is 2.40. The number of aliphatic carboxylic acids is 2. The van der Waals surface area contributed by atoms with Crippen molar-refractivity contribution in [2.24, 2.45) is 16.1 Å². The standard InChI is InChI=1S/C13H20O3Si.C9H14O2.C7H7N3O.C6H5N3O.C4H6O2/c1-13(2,3)17(4,5)16-12(15)10-6-8-11(14)9-7-10;10-9(11)8-6-4-2-1-3-5-7-8;8-10-9-5-6-1-3-7(11)4-2-6;7-9-8-5-1-3-6(10)4-2-5;1-3(2)4(5)6/h6-9,14H,1-5H3;1-2,8H,3-7H2,(H,10,11);1-4,11H,5H2;1-4,10H;1H2,2H3,(H,5,6)/b;2-1-;;;. The molecule has 0 fully saturated rings. The molecule has 0 amide bonds. The molecule has 1 atom stereocenters. The molecule has 0 radical (unpaired) electrons. The molecule has 5 N–H and O–H groups in total. The fourth-order valence-electron chi connectivity index (χ4n) is 3.73. The minimum atomic E-state index is -2.08. The van der Waals surface area contributed by atoms with Gasteiger partial charge >= 0.3 is 17.9 Å². The molecule has 3 aromatic rings. The molecule has 0 spiro atoms. The Kier molecular flexibility index (Phi) is 22.8. The third-order valence-electron chi connectivity index (χ3n) is 8.01. The number of carbonyl (C=O) groups is 3. The summed E-state index contributed by atoms with van der Waals surface area (Å²) in [7, 11) is -2.08. The first-order chi connectivity index (χ1) is 25.7.